The molecule has 0 spiro atoms. The molecule has 7 heterocycles. The summed E-state index contributed by atoms with van der Waals surface area (Å²) in [4.78, 5) is 81.5. The summed E-state index contributed by atoms with van der Waals surface area (Å²) in [5.41, 5.74) is 4.99. The van der Waals surface area contributed by atoms with Crippen molar-refractivity contribution in [2.24, 2.45) is 5.41 Å². The number of nitrogens with zero attached hydrogens (tertiary/aromatic N) is 9. The SMILES string of the molecule is CC(C)(C)C1CN(Cc2cccc(-c3ccc4cnc(Nc5ccc(N6CCN(CCCCCOc7cccc8c7C(=O)N(C7CCC(=O)NC7=O)C8=O)CC6)nc5)nn34)c2)CCN1C(=O)O. The number of carbonyl (C=O) groups excluding carboxylic acids is 4. The van der Waals surface area contributed by atoms with Crippen LogP contribution in [0.2, 0.25) is 0 Å². The van der Waals surface area contributed by atoms with Gasteiger partial charge in [0.2, 0.25) is 17.8 Å². The summed E-state index contributed by atoms with van der Waals surface area (Å²) in [5.74, 6) is -0.465. The maximum atomic E-state index is 13.3. The van der Waals surface area contributed by atoms with Crippen LogP contribution >= 0.6 is 0 Å². The van der Waals surface area contributed by atoms with Crippen molar-refractivity contribution in [3.8, 4) is 17.0 Å². The van der Waals surface area contributed by atoms with Gasteiger partial charge in [-0.2, -0.15) is 0 Å². The molecule has 18 nitrogen and oxygen atoms in total. The first-order valence-corrected chi connectivity index (χ1v) is 23.1. The van der Waals surface area contributed by atoms with Crippen molar-refractivity contribution in [2.45, 2.75) is 71.5 Å². The second-order valence-corrected chi connectivity index (χ2v) is 18.8. The second kappa shape index (κ2) is 19.1. The van der Waals surface area contributed by atoms with Crippen LogP contribution in [0.1, 0.15) is 79.2 Å². The van der Waals surface area contributed by atoms with Gasteiger partial charge in [0.05, 0.1) is 53.1 Å². The molecule has 0 radical (unpaired) electrons. The molecule has 5 amide bonds. The quantitative estimate of drug-likeness (QED) is 0.0931. The number of anilines is 3. The molecule has 350 valence electrons. The number of piperazine rings is 2. The van der Waals surface area contributed by atoms with Gasteiger partial charge in [0.1, 0.15) is 17.6 Å². The first-order chi connectivity index (χ1) is 32.3. The average Bonchev–Trinajstić information content (AvgIpc) is 3.85. The molecule has 2 aromatic carbocycles. The van der Waals surface area contributed by atoms with Crippen LogP contribution in [0.5, 0.6) is 5.75 Å². The number of unbranched alkanes of at least 4 members (excludes halogenated alkanes) is 2. The highest BCUT2D eigenvalue weighted by Gasteiger charge is 2.46. The first kappa shape index (κ1) is 45.2. The number of piperidine rings is 1. The third kappa shape index (κ3) is 9.81. The summed E-state index contributed by atoms with van der Waals surface area (Å²) < 4.78 is 7.91. The van der Waals surface area contributed by atoms with Gasteiger partial charge in [0, 0.05) is 64.3 Å². The Morgan fingerprint density at radius 1 is 0.866 bits per heavy atom. The Bertz CT molecular complexity index is 2670. The first-order valence-electron chi connectivity index (χ1n) is 23.1. The van der Waals surface area contributed by atoms with Gasteiger partial charge in [-0.25, -0.2) is 19.3 Å². The molecular weight excluding hydrogens is 855 g/mol. The number of carboxylic acid groups (broad SMARTS) is 1. The van der Waals surface area contributed by atoms with Gasteiger partial charge in [0.15, 0.2) is 0 Å². The summed E-state index contributed by atoms with van der Waals surface area (Å²) in [7, 11) is 0. The normalized spacial score (nSPS) is 19.5. The van der Waals surface area contributed by atoms with Crippen molar-refractivity contribution in [2.75, 3.05) is 69.2 Å². The topological polar surface area (TPSA) is 198 Å². The van der Waals surface area contributed by atoms with E-state index in [1.165, 1.54) is 0 Å². The van der Waals surface area contributed by atoms with Crippen molar-refractivity contribution >= 4 is 52.7 Å². The van der Waals surface area contributed by atoms with Gasteiger partial charge in [0.25, 0.3) is 11.8 Å². The summed E-state index contributed by atoms with van der Waals surface area (Å²) in [5, 5.41) is 20.2. The van der Waals surface area contributed by atoms with E-state index in [-0.39, 0.29) is 35.4 Å². The Labute approximate surface area is 388 Å². The van der Waals surface area contributed by atoms with Crippen molar-refractivity contribution in [1.29, 1.82) is 0 Å². The number of ether oxygens (including phenoxy) is 1. The number of amides is 5. The predicted octanol–water partition coefficient (Wildman–Crippen LogP) is 5.52. The molecule has 3 saturated heterocycles. The fraction of sp³-hybridized carbons (Fsp3) is 0.429. The molecule has 18 heteroatoms. The van der Waals surface area contributed by atoms with E-state index in [1.54, 1.807) is 29.3 Å². The van der Waals surface area contributed by atoms with E-state index in [0.29, 0.717) is 37.9 Å². The maximum absolute atomic E-state index is 13.3. The molecule has 5 aromatic rings. The zero-order chi connectivity index (χ0) is 46.8. The maximum Gasteiger partial charge on any atom is 0.407 e. The summed E-state index contributed by atoms with van der Waals surface area (Å²) in [6.45, 7) is 13.8. The van der Waals surface area contributed by atoms with Crippen LogP contribution in [0.25, 0.3) is 16.8 Å². The second-order valence-electron chi connectivity index (χ2n) is 18.8. The number of imide groups is 2. The van der Waals surface area contributed by atoms with Crippen LogP contribution in [-0.2, 0) is 16.1 Å². The van der Waals surface area contributed by atoms with Crippen molar-refractivity contribution in [3.05, 3.63) is 95.8 Å². The highest BCUT2D eigenvalue weighted by molar-refractivity contribution is 6.24. The van der Waals surface area contributed by atoms with Crippen LogP contribution in [0.3, 0.4) is 0 Å². The molecule has 0 aliphatic carbocycles. The summed E-state index contributed by atoms with van der Waals surface area (Å²) in [6, 6.07) is 20.3. The van der Waals surface area contributed by atoms with Crippen LogP contribution in [0.15, 0.2) is 79.1 Å². The molecule has 9 rings (SSSR count). The van der Waals surface area contributed by atoms with E-state index in [9.17, 15) is 29.1 Å². The molecule has 3 fully saturated rings. The summed E-state index contributed by atoms with van der Waals surface area (Å²) >= 11 is 0. The molecule has 4 aliphatic heterocycles. The fourth-order valence-corrected chi connectivity index (χ4v) is 9.60. The molecule has 0 bridgehead atoms. The number of fused-ring (bicyclic) bond motifs is 2. The van der Waals surface area contributed by atoms with Gasteiger partial charge in [-0.05, 0) is 85.7 Å². The number of pyridine rings is 1. The smallest absolute Gasteiger partial charge is 0.407 e. The lowest BCUT2D eigenvalue weighted by molar-refractivity contribution is -0.136. The molecule has 67 heavy (non-hydrogen) atoms. The lowest BCUT2D eigenvalue weighted by atomic mass is 9.84. The molecule has 4 aliphatic rings. The standard InChI is InChI=1S/C49H57N11O7/c1-49(2,3)40-31-56(22-25-58(40)48(65)66)30-32-9-7-10-33(27-32)37-15-14-35-29-51-47(54-60(35)37)52-34-13-17-41(50-28-34)57-23-20-55(21-24-57)19-5-4-6-26-67-39-12-8-11-36-43(39)46(64)59(45(36)63)38-16-18-42(61)53-44(38)62/h7-15,17,27-29,38,40H,4-6,16,18-26,30-31H2,1-3H3,(H,52,54)(H,65,66)(H,53,61,62). The lowest BCUT2D eigenvalue weighted by Gasteiger charge is -2.46. The van der Waals surface area contributed by atoms with Gasteiger partial charge in [-0.3, -0.25) is 39.2 Å². The van der Waals surface area contributed by atoms with E-state index < -0.39 is 35.8 Å². The molecule has 2 unspecified atom stereocenters. The van der Waals surface area contributed by atoms with E-state index in [1.807, 2.05) is 28.9 Å². The fourth-order valence-electron chi connectivity index (χ4n) is 9.60. The largest absolute Gasteiger partial charge is 0.493 e. The van der Waals surface area contributed by atoms with Crippen LogP contribution < -0.4 is 20.3 Å². The zero-order valence-corrected chi connectivity index (χ0v) is 38.2. The number of benzene rings is 2. The average molecular weight is 912 g/mol. The summed E-state index contributed by atoms with van der Waals surface area (Å²) in [6.07, 6.45) is 5.64. The minimum absolute atomic E-state index is 0.0676. The highest BCUT2D eigenvalue weighted by atomic mass is 16.5. The van der Waals surface area contributed by atoms with Crippen molar-refractivity contribution in [1.82, 2.24) is 44.5 Å². The Balaban J connectivity index is 0.722. The minimum Gasteiger partial charge on any atom is -0.493 e. The number of rotatable bonds is 14. The van der Waals surface area contributed by atoms with Gasteiger partial charge in [-0.1, -0.05) is 45.0 Å². The Hall–Kier alpha value is -6.92. The molecule has 3 aromatic heterocycles. The van der Waals surface area contributed by atoms with Gasteiger partial charge in [-0.15, -0.1) is 5.10 Å². The third-order valence-electron chi connectivity index (χ3n) is 13.2. The Kier molecular flexibility index (Phi) is 12.9. The van der Waals surface area contributed by atoms with Gasteiger partial charge >= 0.3 is 6.09 Å². The van der Waals surface area contributed by atoms with Crippen LogP contribution in [-0.4, -0.2) is 145 Å². The molecular formula is C49H57N11O7. The van der Waals surface area contributed by atoms with E-state index in [4.69, 9.17) is 14.8 Å². The lowest BCUT2D eigenvalue weighted by Crippen LogP contribution is -2.59. The van der Waals surface area contributed by atoms with Gasteiger partial charge < -0.3 is 25.0 Å². The van der Waals surface area contributed by atoms with Crippen LogP contribution in [0.4, 0.5) is 22.2 Å². The van der Waals surface area contributed by atoms with Crippen molar-refractivity contribution < 1.29 is 33.8 Å². The number of nitrogens with one attached hydrogen (secondary N) is 2. The van der Waals surface area contributed by atoms with E-state index in [2.05, 4.69) is 81.4 Å². The third-order valence-corrected chi connectivity index (χ3v) is 13.2. The zero-order valence-electron chi connectivity index (χ0n) is 38.2. The Morgan fingerprint density at radius 2 is 1.67 bits per heavy atom. The highest BCUT2D eigenvalue weighted by Crippen LogP contribution is 2.34. The molecule has 3 N–H and O–H groups in total. The number of carbonyl (C=O) groups is 5. The monoisotopic (exact) mass is 911 g/mol. The van der Waals surface area contributed by atoms with Crippen molar-refractivity contribution in [3.63, 3.8) is 0 Å². The van der Waals surface area contributed by atoms with E-state index >= 15 is 0 Å². The minimum atomic E-state index is -1.02. The number of aromatic nitrogens is 4. The number of hydrogen-bond donors (Lipinski definition) is 3. The molecule has 0 saturated carbocycles. The number of hydrogen-bond acceptors (Lipinski definition) is 13. The predicted molar refractivity (Wildman–Crippen MR) is 250 cm³/mol. The van der Waals surface area contributed by atoms with E-state index in [0.717, 1.165) is 97.3 Å². The molecule has 2 atom stereocenters. The Morgan fingerprint density at radius 3 is 2.43 bits per heavy atom. The van der Waals surface area contributed by atoms with Crippen LogP contribution in [0, 0.1) is 5.41 Å².